The molecule has 2 amide bonds. The highest BCUT2D eigenvalue weighted by molar-refractivity contribution is 5.87. The summed E-state index contributed by atoms with van der Waals surface area (Å²) in [6, 6.07) is 14.1. The summed E-state index contributed by atoms with van der Waals surface area (Å²) in [7, 11) is 0. The molecule has 0 aliphatic carbocycles. The van der Waals surface area contributed by atoms with E-state index in [4.69, 9.17) is 9.72 Å². The first-order chi connectivity index (χ1) is 18.7. The minimum Gasteiger partial charge on any atom is -0.444 e. The van der Waals surface area contributed by atoms with Crippen LogP contribution in [0.1, 0.15) is 38.1 Å². The topological polar surface area (TPSA) is 133 Å². The van der Waals surface area contributed by atoms with E-state index in [9.17, 15) is 9.59 Å². The number of rotatable bonds is 6. The average Bonchev–Trinajstić information content (AvgIpc) is 3.55. The Balaban J connectivity index is 1.30. The Bertz CT molecular complexity index is 1450. The van der Waals surface area contributed by atoms with Gasteiger partial charge in [-0.25, -0.2) is 9.31 Å². The molecule has 0 spiro atoms. The number of anilines is 3. The highest BCUT2D eigenvalue weighted by Gasteiger charge is 2.32. The van der Waals surface area contributed by atoms with Gasteiger partial charge in [0.1, 0.15) is 17.2 Å². The molecule has 4 heterocycles. The molecule has 12 heteroatoms. The van der Waals surface area contributed by atoms with E-state index in [1.165, 1.54) is 0 Å². The lowest BCUT2D eigenvalue weighted by molar-refractivity contribution is -0.134. The summed E-state index contributed by atoms with van der Waals surface area (Å²) >= 11 is 0. The molecular weight excluding hydrogens is 498 g/mol. The van der Waals surface area contributed by atoms with Gasteiger partial charge in [0.25, 0.3) is 0 Å². The van der Waals surface area contributed by atoms with Crippen molar-refractivity contribution >= 4 is 35.1 Å². The molecule has 3 aromatic heterocycles. The predicted octanol–water partition coefficient (Wildman–Crippen LogP) is 3.42. The fourth-order valence-electron chi connectivity index (χ4n) is 4.42. The number of benzene rings is 1. The lowest BCUT2D eigenvalue weighted by Crippen LogP contribution is -2.53. The smallest absolute Gasteiger partial charge is 0.408 e. The Morgan fingerprint density at radius 3 is 2.46 bits per heavy atom. The van der Waals surface area contributed by atoms with E-state index in [-0.39, 0.29) is 5.91 Å². The predicted molar refractivity (Wildman–Crippen MR) is 147 cm³/mol. The molecule has 4 aromatic rings. The number of carbonyl (C=O) groups is 2. The summed E-state index contributed by atoms with van der Waals surface area (Å²) in [5.74, 6) is 1.66. The van der Waals surface area contributed by atoms with Crippen molar-refractivity contribution in [3.63, 3.8) is 0 Å². The Morgan fingerprint density at radius 1 is 1.05 bits per heavy atom. The quantitative estimate of drug-likeness (QED) is 0.345. The molecule has 204 valence electrons. The number of aryl methyl sites for hydroxylation is 1. The van der Waals surface area contributed by atoms with Crippen molar-refractivity contribution in [1.82, 2.24) is 35.0 Å². The second kappa shape index (κ2) is 10.6. The average molecular weight is 532 g/mol. The van der Waals surface area contributed by atoms with Gasteiger partial charge in [-0.15, -0.1) is 5.10 Å². The zero-order valence-electron chi connectivity index (χ0n) is 22.5. The summed E-state index contributed by atoms with van der Waals surface area (Å²) in [6.07, 6.45) is 1.23. The molecule has 1 saturated heterocycles. The van der Waals surface area contributed by atoms with Crippen molar-refractivity contribution in [3.8, 4) is 0 Å². The molecule has 1 fully saturated rings. The van der Waals surface area contributed by atoms with Gasteiger partial charge in [0.2, 0.25) is 11.9 Å². The maximum Gasteiger partial charge on any atom is 0.408 e. The second-order valence-corrected chi connectivity index (χ2v) is 10.5. The number of ether oxygens (including phenoxy) is 1. The highest BCUT2D eigenvalue weighted by atomic mass is 16.6. The first kappa shape index (κ1) is 26.0. The van der Waals surface area contributed by atoms with E-state index in [1.54, 1.807) is 30.2 Å². The molecular formula is C27H33N9O3. The number of piperazine rings is 1. The first-order valence-corrected chi connectivity index (χ1v) is 12.9. The number of amides is 2. The minimum atomic E-state index is -0.854. The summed E-state index contributed by atoms with van der Waals surface area (Å²) in [6.45, 7) is 9.27. The number of alkyl carbamates (subject to hydrolysis) is 1. The maximum atomic E-state index is 13.6. The largest absolute Gasteiger partial charge is 0.444 e. The van der Waals surface area contributed by atoms with E-state index < -0.39 is 17.7 Å². The molecule has 0 radical (unpaired) electrons. The van der Waals surface area contributed by atoms with Crippen LogP contribution in [0.4, 0.5) is 22.4 Å². The van der Waals surface area contributed by atoms with E-state index in [2.05, 4.69) is 25.9 Å². The third-order valence-corrected chi connectivity index (χ3v) is 6.25. The van der Waals surface area contributed by atoms with Crippen LogP contribution in [0, 0.1) is 6.92 Å². The number of H-pyrrole nitrogens is 1. The fourth-order valence-corrected chi connectivity index (χ4v) is 4.42. The number of aromatic amines is 1. The van der Waals surface area contributed by atoms with Gasteiger partial charge in [0, 0.05) is 44.1 Å². The van der Waals surface area contributed by atoms with Gasteiger partial charge in [0.15, 0.2) is 11.6 Å². The van der Waals surface area contributed by atoms with Gasteiger partial charge >= 0.3 is 6.09 Å². The monoisotopic (exact) mass is 531 g/mol. The van der Waals surface area contributed by atoms with Crippen LogP contribution in [-0.2, 0) is 9.53 Å². The van der Waals surface area contributed by atoms with Gasteiger partial charge in [0.05, 0.1) is 0 Å². The molecule has 3 N–H and O–H groups in total. The second-order valence-electron chi connectivity index (χ2n) is 10.5. The molecule has 5 rings (SSSR count). The Hall–Kier alpha value is -4.61. The SMILES string of the molecule is Cc1cc(Nc2nc(N3CCN(C(=O)[C@H](NC(=O)OC(C)(C)C)c4ccccc4)CC3)nn3cccc23)n[nH]1. The Labute approximate surface area is 226 Å². The highest BCUT2D eigenvalue weighted by Crippen LogP contribution is 2.24. The minimum absolute atomic E-state index is 0.190. The maximum absolute atomic E-state index is 13.6. The van der Waals surface area contributed by atoms with Crippen LogP contribution in [0.5, 0.6) is 0 Å². The summed E-state index contributed by atoms with van der Waals surface area (Å²) < 4.78 is 7.20. The summed E-state index contributed by atoms with van der Waals surface area (Å²) in [5, 5.41) is 17.9. The van der Waals surface area contributed by atoms with Crippen molar-refractivity contribution in [2.45, 2.75) is 39.3 Å². The summed E-state index contributed by atoms with van der Waals surface area (Å²) in [4.78, 5) is 34.8. The van der Waals surface area contributed by atoms with Gasteiger partial charge in [-0.05, 0) is 45.4 Å². The number of carbonyl (C=O) groups excluding carboxylic acids is 2. The van der Waals surface area contributed by atoms with Gasteiger partial charge < -0.3 is 25.2 Å². The van der Waals surface area contributed by atoms with E-state index in [0.29, 0.717) is 49.3 Å². The molecule has 0 saturated carbocycles. The molecule has 0 bridgehead atoms. The molecule has 1 aromatic carbocycles. The number of nitrogens with one attached hydrogen (secondary N) is 3. The third-order valence-electron chi connectivity index (χ3n) is 6.25. The number of hydrogen-bond donors (Lipinski definition) is 3. The van der Waals surface area contributed by atoms with E-state index in [1.807, 2.05) is 66.6 Å². The van der Waals surface area contributed by atoms with Gasteiger partial charge in [-0.2, -0.15) is 10.1 Å². The number of hydrogen-bond acceptors (Lipinski definition) is 8. The van der Waals surface area contributed by atoms with Crippen LogP contribution in [0.15, 0.2) is 54.7 Å². The molecule has 0 unspecified atom stereocenters. The first-order valence-electron chi connectivity index (χ1n) is 12.9. The van der Waals surface area contributed by atoms with Crippen molar-refractivity contribution < 1.29 is 14.3 Å². The lowest BCUT2D eigenvalue weighted by Gasteiger charge is -2.36. The standard InChI is InChI=1S/C27H33N9O3/c1-18-17-21(32-31-18)28-23-20-11-8-12-36(20)33-25(30-23)35-15-13-34(14-16-35)24(37)22(19-9-6-5-7-10-19)29-26(38)39-27(2,3)4/h5-12,17,22H,13-16H2,1-4H3,(H,29,38)(H2,28,30,31,32,33)/t22-/m1/s1. The number of aromatic nitrogens is 5. The van der Waals surface area contributed by atoms with Crippen molar-refractivity contribution in [3.05, 3.63) is 66.0 Å². The van der Waals surface area contributed by atoms with E-state index >= 15 is 0 Å². The molecule has 1 atom stereocenters. The Kier molecular flexibility index (Phi) is 7.09. The molecule has 12 nitrogen and oxygen atoms in total. The van der Waals surface area contributed by atoms with Crippen LogP contribution in [0.3, 0.4) is 0 Å². The van der Waals surface area contributed by atoms with Crippen LogP contribution in [-0.4, -0.2) is 73.5 Å². The zero-order valence-corrected chi connectivity index (χ0v) is 22.5. The summed E-state index contributed by atoms with van der Waals surface area (Å²) in [5.41, 5.74) is 1.78. The number of nitrogens with zero attached hydrogens (tertiary/aromatic N) is 6. The normalized spacial score (nSPS) is 14.8. The van der Waals surface area contributed by atoms with Crippen LogP contribution < -0.4 is 15.5 Å². The van der Waals surface area contributed by atoms with E-state index in [0.717, 1.165) is 11.2 Å². The van der Waals surface area contributed by atoms with Gasteiger partial charge in [-0.3, -0.25) is 9.89 Å². The molecule has 1 aliphatic rings. The Morgan fingerprint density at radius 2 is 1.79 bits per heavy atom. The third kappa shape index (κ3) is 6.11. The van der Waals surface area contributed by atoms with Crippen molar-refractivity contribution in [2.75, 3.05) is 36.4 Å². The van der Waals surface area contributed by atoms with Crippen LogP contribution in [0.2, 0.25) is 0 Å². The number of fused-ring (bicyclic) bond motifs is 1. The van der Waals surface area contributed by atoms with Crippen LogP contribution >= 0.6 is 0 Å². The van der Waals surface area contributed by atoms with Gasteiger partial charge in [-0.1, -0.05) is 30.3 Å². The molecule has 1 aliphatic heterocycles. The van der Waals surface area contributed by atoms with Crippen molar-refractivity contribution in [1.29, 1.82) is 0 Å². The zero-order chi connectivity index (χ0) is 27.6. The van der Waals surface area contributed by atoms with Crippen LogP contribution in [0.25, 0.3) is 5.52 Å². The fraction of sp³-hybridized carbons (Fsp3) is 0.370. The molecule has 39 heavy (non-hydrogen) atoms. The van der Waals surface area contributed by atoms with Crippen molar-refractivity contribution in [2.24, 2.45) is 0 Å². The lowest BCUT2D eigenvalue weighted by atomic mass is 10.1.